The lowest BCUT2D eigenvalue weighted by Crippen LogP contribution is -2.55. The van der Waals surface area contributed by atoms with Gasteiger partial charge in [-0.3, -0.25) is 9.48 Å². The van der Waals surface area contributed by atoms with E-state index in [1.165, 1.54) is 21.6 Å². The number of fused-ring (bicyclic) bond motifs is 1. The zero-order valence-electron chi connectivity index (χ0n) is 19.0. The number of aromatic nitrogens is 5. The Bertz CT molecular complexity index is 1350. The van der Waals surface area contributed by atoms with Crippen molar-refractivity contribution in [3.63, 3.8) is 0 Å². The summed E-state index contributed by atoms with van der Waals surface area (Å²) in [6.45, 7) is 0. The fourth-order valence-electron chi connectivity index (χ4n) is 3.51. The van der Waals surface area contributed by atoms with Gasteiger partial charge in [0, 0.05) is 19.7 Å². The quantitative estimate of drug-likeness (QED) is 0.369. The lowest BCUT2D eigenvalue weighted by Gasteiger charge is -2.35. The Kier molecular flexibility index (Phi) is 7.62. The second-order valence-corrected chi connectivity index (χ2v) is 8.00. The first-order chi connectivity index (χ1) is 17.2. The van der Waals surface area contributed by atoms with Crippen LogP contribution in [-0.4, -0.2) is 65.5 Å². The number of alkyl halides is 5. The van der Waals surface area contributed by atoms with Crippen molar-refractivity contribution in [1.82, 2.24) is 24.4 Å². The number of carbonyl (C=O) groups is 2. The summed E-state index contributed by atoms with van der Waals surface area (Å²) < 4.78 is 62.3. The summed E-state index contributed by atoms with van der Waals surface area (Å²) in [5, 5.41) is 30.0. The van der Waals surface area contributed by atoms with E-state index in [0.717, 1.165) is 0 Å². The molecule has 1 fully saturated rings. The Labute approximate surface area is 204 Å². The number of nitrogens with zero attached hydrogens (tertiary/aromatic N) is 6. The molecule has 1 aliphatic carbocycles. The third kappa shape index (κ3) is 6.27. The topological polar surface area (TPSA) is 176 Å². The second kappa shape index (κ2) is 10.3. The van der Waals surface area contributed by atoms with Gasteiger partial charge < -0.3 is 21.5 Å². The summed E-state index contributed by atoms with van der Waals surface area (Å²) in [5.41, 5.74) is 6.78. The summed E-state index contributed by atoms with van der Waals surface area (Å²) in [4.78, 5) is 25.8. The second-order valence-electron chi connectivity index (χ2n) is 8.00. The highest BCUT2D eigenvalue weighted by molar-refractivity contribution is 6.04. The minimum atomic E-state index is -5.08. The van der Waals surface area contributed by atoms with E-state index in [9.17, 15) is 26.7 Å². The largest absolute Gasteiger partial charge is 0.490 e. The predicted molar refractivity (Wildman–Crippen MR) is 117 cm³/mol. The fourth-order valence-corrected chi connectivity index (χ4v) is 3.51. The normalized spacial score (nSPS) is 18.9. The number of nitrogens with one attached hydrogen (secondary N) is 2. The van der Waals surface area contributed by atoms with Gasteiger partial charge >= 0.3 is 12.1 Å². The maximum absolute atomic E-state index is 13.9. The Morgan fingerprint density at radius 1 is 1.30 bits per heavy atom. The van der Waals surface area contributed by atoms with Crippen molar-refractivity contribution < 1.29 is 36.6 Å². The third-order valence-corrected chi connectivity index (χ3v) is 5.32. The Morgan fingerprint density at radius 2 is 1.97 bits per heavy atom. The molecule has 0 unspecified atom stereocenters. The Balaban J connectivity index is 0.000000479. The van der Waals surface area contributed by atoms with Crippen molar-refractivity contribution in [2.45, 2.75) is 43.4 Å². The van der Waals surface area contributed by atoms with Crippen molar-refractivity contribution in [2.75, 3.05) is 10.6 Å². The molecule has 2 atom stereocenters. The van der Waals surface area contributed by atoms with Crippen LogP contribution in [0.1, 0.15) is 35.4 Å². The van der Waals surface area contributed by atoms with E-state index in [1.54, 1.807) is 19.2 Å². The average Bonchev–Trinajstić information content (AvgIpc) is 3.39. The molecule has 5 N–H and O–H groups in total. The monoisotopic (exact) mass is 529 g/mol. The van der Waals surface area contributed by atoms with E-state index in [0.29, 0.717) is 18.4 Å². The summed E-state index contributed by atoms with van der Waals surface area (Å²) in [6, 6.07) is 3.06. The molecule has 3 heterocycles. The number of aryl methyl sites for hydroxylation is 1. The molecule has 3 aromatic heterocycles. The van der Waals surface area contributed by atoms with E-state index >= 15 is 0 Å². The van der Waals surface area contributed by atoms with E-state index in [2.05, 4.69) is 25.8 Å². The van der Waals surface area contributed by atoms with Crippen LogP contribution >= 0.6 is 0 Å². The fraction of sp³-hybridized carbons (Fsp3) is 0.400. The van der Waals surface area contributed by atoms with E-state index in [4.69, 9.17) is 20.9 Å². The first kappa shape index (κ1) is 27.3. The summed E-state index contributed by atoms with van der Waals surface area (Å²) in [7, 11) is 1.63. The highest BCUT2D eigenvalue weighted by atomic mass is 19.4. The highest BCUT2D eigenvalue weighted by Gasteiger charge is 2.45. The van der Waals surface area contributed by atoms with Gasteiger partial charge in [0.1, 0.15) is 11.8 Å². The standard InChI is InChI=1S/C18H19F2N9O.C2HF3O2/c1-28-9-13(12(7-21)26-28)24-16(30)14-5-4-10-8-23-17(27-29(10)14)25-11-3-2-6-18(19,20)15(11)22;3-2(4,5)1(6)7/h4-5,8-9,11,15H,2-3,6,22H2,1H3,(H,24,30)(H,25,27);(H,6,7)/t11-,15-;/m1./s1. The smallest absolute Gasteiger partial charge is 0.475 e. The lowest BCUT2D eigenvalue weighted by molar-refractivity contribution is -0.192. The molecule has 0 saturated heterocycles. The van der Waals surface area contributed by atoms with Crippen LogP contribution in [0.15, 0.2) is 24.5 Å². The first-order valence-corrected chi connectivity index (χ1v) is 10.5. The highest BCUT2D eigenvalue weighted by Crippen LogP contribution is 2.33. The molecule has 12 nitrogen and oxygen atoms in total. The van der Waals surface area contributed by atoms with Crippen LogP contribution < -0.4 is 16.4 Å². The number of anilines is 2. The number of halogens is 5. The van der Waals surface area contributed by atoms with Crippen LogP contribution in [0.2, 0.25) is 0 Å². The maximum Gasteiger partial charge on any atom is 0.490 e. The molecule has 0 spiro atoms. The first-order valence-electron chi connectivity index (χ1n) is 10.5. The van der Waals surface area contributed by atoms with Gasteiger partial charge in [0.25, 0.3) is 11.8 Å². The van der Waals surface area contributed by atoms with Gasteiger partial charge in [0.15, 0.2) is 5.69 Å². The zero-order valence-corrected chi connectivity index (χ0v) is 19.0. The van der Waals surface area contributed by atoms with E-state index in [1.807, 2.05) is 6.07 Å². The molecule has 3 aromatic rings. The van der Waals surface area contributed by atoms with Crippen molar-refractivity contribution >= 4 is 29.0 Å². The van der Waals surface area contributed by atoms with Crippen molar-refractivity contribution in [2.24, 2.45) is 12.8 Å². The number of hydrogen-bond acceptors (Lipinski definition) is 8. The van der Waals surface area contributed by atoms with E-state index < -0.39 is 36.1 Å². The molecule has 198 valence electrons. The minimum Gasteiger partial charge on any atom is -0.475 e. The number of carboxylic acids is 1. The van der Waals surface area contributed by atoms with Gasteiger partial charge in [-0.1, -0.05) is 0 Å². The molecule has 0 radical (unpaired) electrons. The van der Waals surface area contributed by atoms with Crippen LogP contribution in [0, 0.1) is 11.3 Å². The average molecular weight is 529 g/mol. The minimum absolute atomic E-state index is 0.0795. The predicted octanol–water partition coefficient (Wildman–Crippen LogP) is 2.15. The van der Waals surface area contributed by atoms with Gasteiger partial charge in [0.05, 0.1) is 29.5 Å². The maximum atomic E-state index is 13.9. The SMILES string of the molecule is Cn1cc(NC(=O)c2ccc3cnc(N[C@@H]4CCCC(F)(F)[C@@H]4N)nn23)c(C#N)n1.O=C(O)C(F)(F)F. The Morgan fingerprint density at radius 3 is 2.59 bits per heavy atom. The van der Waals surface area contributed by atoms with Gasteiger partial charge in [-0.15, -0.1) is 5.10 Å². The van der Waals surface area contributed by atoms with Gasteiger partial charge in [0.2, 0.25) is 5.95 Å². The summed E-state index contributed by atoms with van der Waals surface area (Å²) >= 11 is 0. The van der Waals surface area contributed by atoms with Crippen molar-refractivity contribution in [1.29, 1.82) is 5.26 Å². The number of rotatable bonds is 4. The number of aliphatic carboxylic acids is 1. The van der Waals surface area contributed by atoms with Crippen molar-refractivity contribution in [3.05, 3.63) is 35.9 Å². The molecule has 0 aromatic carbocycles. The molecule has 1 amide bonds. The third-order valence-electron chi connectivity index (χ3n) is 5.32. The van der Waals surface area contributed by atoms with Crippen molar-refractivity contribution in [3.8, 4) is 6.07 Å². The van der Waals surface area contributed by atoms with Gasteiger partial charge in [-0.05, 0) is 25.0 Å². The molecule has 1 aliphatic rings. The van der Waals surface area contributed by atoms with Crippen LogP contribution in [0.4, 0.5) is 33.6 Å². The van der Waals surface area contributed by atoms with Crippen LogP contribution in [0.5, 0.6) is 0 Å². The molecule has 17 heteroatoms. The molecular formula is C20H20F5N9O3. The molecule has 1 saturated carbocycles. The van der Waals surface area contributed by atoms with Gasteiger partial charge in [-0.25, -0.2) is 23.1 Å². The number of nitriles is 1. The van der Waals surface area contributed by atoms with Gasteiger partial charge in [-0.2, -0.15) is 23.5 Å². The number of nitrogens with two attached hydrogens (primary N) is 1. The number of carboxylic acid groups (broad SMARTS) is 1. The molecule has 0 bridgehead atoms. The van der Waals surface area contributed by atoms with Crippen LogP contribution in [0.3, 0.4) is 0 Å². The zero-order chi connectivity index (χ0) is 27.5. The molecule has 37 heavy (non-hydrogen) atoms. The summed E-state index contributed by atoms with van der Waals surface area (Å²) in [5.74, 6) is -6.14. The van der Waals surface area contributed by atoms with E-state index in [-0.39, 0.29) is 29.4 Å². The molecule has 4 rings (SSSR count). The summed E-state index contributed by atoms with van der Waals surface area (Å²) in [6.07, 6.45) is -1.53. The molecular weight excluding hydrogens is 509 g/mol. The molecule has 0 aliphatic heterocycles. The lowest BCUT2D eigenvalue weighted by atomic mass is 9.87. The van der Waals surface area contributed by atoms with Crippen LogP contribution in [0.25, 0.3) is 5.52 Å². The number of amides is 1. The Hall–Kier alpha value is -4.33. The number of carbonyl (C=O) groups excluding carboxylic acids is 1. The van der Waals surface area contributed by atoms with Crippen LogP contribution in [-0.2, 0) is 11.8 Å². The number of hydrogen-bond donors (Lipinski definition) is 4.